The van der Waals surface area contributed by atoms with Gasteiger partial charge in [0, 0.05) is 17.8 Å². The molecule has 1 aromatic heterocycles. The van der Waals surface area contributed by atoms with Crippen LogP contribution in [0.2, 0.25) is 0 Å². The molecular weight excluding hydrogens is 391 g/mol. The van der Waals surface area contributed by atoms with Gasteiger partial charge >= 0.3 is 0 Å². The van der Waals surface area contributed by atoms with Crippen LogP contribution in [0.4, 0.5) is 15.9 Å². The normalized spacial score (nSPS) is 10.4. The minimum absolute atomic E-state index is 0.0207. The zero-order chi connectivity index (χ0) is 20.6. The van der Waals surface area contributed by atoms with Crippen molar-refractivity contribution in [1.82, 2.24) is 10.2 Å². The molecule has 0 radical (unpaired) electrons. The van der Waals surface area contributed by atoms with Gasteiger partial charge in [-0.1, -0.05) is 23.9 Å². The molecule has 0 bridgehead atoms. The van der Waals surface area contributed by atoms with Gasteiger partial charge in [-0.2, -0.15) is 0 Å². The second-order valence-corrected chi connectivity index (χ2v) is 7.20. The van der Waals surface area contributed by atoms with E-state index in [-0.39, 0.29) is 23.3 Å². The Kier molecular flexibility index (Phi) is 6.91. The van der Waals surface area contributed by atoms with Gasteiger partial charge < -0.3 is 10.6 Å². The number of anilines is 2. The number of carbonyl (C=O) groups is 2. The van der Waals surface area contributed by atoms with Crippen molar-refractivity contribution in [2.75, 3.05) is 16.4 Å². The summed E-state index contributed by atoms with van der Waals surface area (Å²) in [5.74, 6) is 0.310. The van der Waals surface area contributed by atoms with E-state index < -0.39 is 0 Å². The molecule has 0 aliphatic heterocycles. The van der Waals surface area contributed by atoms with E-state index >= 15 is 0 Å². The first kappa shape index (κ1) is 20.5. The third-order valence-corrected chi connectivity index (χ3v) is 4.87. The van der Waals surface area contributed by atoms with Crippen LogP contribution in [0.15, 0.2) is 65.7 Å². The summed E-state index contributed by atoms with van der Waals surface area (Å²) in [6.45, 7) is 2.00. The predicted molar refractivity (Wildman–Crippen MR) is 112 cm³/mol. The maximum atomic E-state index is 12.9. The first-order valence-corrected chi connectivity index (χ1v) is 9.84. The van der Waals surface area contributed by atoms with Crippen molar-refractivity contribution in [1.29, 1.82) is 0 Å². The molecule has 8 heteroatoms. The van der Waals surface area contributed by atoms with Crippen LogP contribution in [0, 0.1) is 5.82 Å². The van der Waals surface area contributed by atoms with Crippen molar-refractivity contribution in [3.63, 3.8) is 0 Å². The van der Waals surface area contributed by atoms with Gasteiger partial charge in [0.2, 0.25) is 5.91 Å². The number of nitrogens with zero attached hydrogens (tertiary/aromatic N) is 2. The molecule has 29 heavy (non-hydrogen) atoms. The zero-order valence-corrected chi connectivity index (χ0v) is 16.5. The van der Waals surface area contributed by atoms with Crippen LogP contribution in [0.1, 0.15) is 22.8 Å². The lowest BCUT2D eigenvalue weighted by Gasteiger charge is -2.07. The van der Waals surface area contributed by atoms with Gasteiger partial charge in [0.15, 0.2) is 5.78 Å². The van der Waals surface area contributed by atoms with Gasteiger partial charge in [0.1, 0.15) is 16.7 Å². The number of Topliss-reactive ketones (excluding diaryl/α,β-unsaturated/α-hetero) is 1. The van der Waals surface area contributed by atoms with E-state index in [1.807, 2.05) is 0 Å². The molecule has 0 fully saturated rings. The number of hydrogen-bond donors (Lipinski definition) is 2. The summed E-state index contributed by atoms with van der Waals surface area (Å²) in [6.07, 6.45) is 0. The Labute approximate surface area is 171 Å². The van der Waals surface area contributed by atoms with E-state index in [9.17, 15) is 14.0 Å². The lowest BCUT2D eigenvalue weighted by molar-refractivity contribution is -0.113. The minimum Gasteiger partial charge on any atom is -0.365 e. The van der Waals surface area contributed by atoms with Crippen molar-refractivity contribution < 1.29 is 14.0 Å². The fraction of sp³-hybridized carbons (Fsp3) is 0.143. The van der Waals surface area contributed by atoms with Crippen LogP contribution < -0.4 is 10.6 Å². The Morgan fingerprint density at radius 1 is 0.966 bits per heavy atom. The Hall–Kier alpha value is -3.26. The number of benzene rings is 2. The third-order valence-electron chi connectivity index (χ3n) is 3.95. The summed E-state index contributed by atoms with van der Waals surface area (Å²) in [7, 11) is 0. The quantitative estimate of drug-likeness (QED) is 0.429. The van der Waals surface area contributed by atoms with Crippen LogP contribution in [-0.4, -0.2) is 27.6 Å². The lowest BCUT2D eigenvalue weighted by Crippen LogP contribution is -2.14. The minimum atomic E-state index is -0.271. The van der Waals surface area contributed by atoms with E-state index in [1.54, 1.807) is 48.5 Å². The Morgan fingerprint density at radius 2 is 1.69 bits per heavy atom. The summed E-state index contributed by atoms with van der Waals surface area (Å²) in [5.41, 5.74) is 2.16. The summed E-state index contributed by atoms with van der Waals surface area (Å²) in [6, 6.07) is 16.5. The molecule has 0 aliphatic rings. The lowest BCUT2D eigenvalue weighted by atomic mass is 10.1. The van der Waals surface area contributed by atoms with E-state index in [4.69, 9.17) is 0 Å². The molecule has 0 aliphatic carbocycles. The second kappa shape index (κ2) is 9.79. The number of rotatable bonds is 8. The fourth-order valence-electron chi connectivity index (χ4n) is 2.41. The van der Waals surface area contributed by atoms with Crippen molar-refractivity contribution in [3.8, 4) is 0 Å². The molecule has 0 saturated carbocycles. The molecule has 0 unspecified atom stereocenters. The maximum Gasteiger partial charge on any atom is 0.234 e. The molecule has 6 nitrogen and oxygen atoms in total. The number of thioether (sulfide) groups is 1. The molecule has 2 aromatic carbocycles. The molecule has 0 spiro atoms. The number of carbonyl (C=O) groups excluding carboxylic acids is 2. The average molecular weight is 410 g/mol. The van der Waals surface area contributed by atoms with Crippen molar-refractivity contribution in [3.05, 3.63) is 77.6 Å². The number of nitrogens with one attached hydrogen (secondary N) is 2. The molecule has 3 rings (SSSR count). The number of ketones is 1. The standard InChI is InChI=1S/C21H19FN4O2S/c1-14(27)16-4-8-18(9-5-16)24-20(28)13-29-21-11-10-19(25-26-21)23-12-15-2-6-17(22)7-3-15/h2-11H,12-13H2,1H3,(H,23,25)(H,24,28). The molecule has 0 saturated heterocycles. The number of amides is 1. The summed E-state index contributed by atoms with van der Waals surface area (Å²) < 4.78 is 12.9. The van der Waals surface area contributed by atoms with E-state index in [0.29, 0.717) is 28.6 Å². The van der Waals surface area contributed by atoms with Crippen molar-refractivity contribution in [2.45, 2.75) is 18.5 Å². The van der Waals surface area contributed by atoms with E-state index in [0.717, 1.165) is 5.56 Å². The molecule has 1 amide bonds. The Morgan fingerprint density at radius 3 is 2.31 bits per heavy atom. The van der Waals surface area contributed by atoms with Crippen LogP contribution in [0.3, 0.4) is 0 Å². The van der Waals surface area contributed by atoms with Gasteiger partial charge in [-0.25, -0.2) is 4.39 Å². The average Bonchev–Trinajstić information content (AvgIpc) is 2.73. The van der Waals surface area contributed by atoms with Gasteiger partial charge in [-0.05, 0) is 61.0 Å². The summed E-state index contributed by atoms with van der Waals surface area (Å²) in [5, 5.41) is 14.7. The first-order valence-electron chi connectivity index (χ1n) is 8.85. The molecule has 0 atom stereocenters. The smallest absolute Gasteiger partial charge is 0.234 e. The van der Waals surface area contributed by atoms with Crippen molar-refractivity contribution >= 4 is 35.0 Å². The molecular formula is C21H19FN4O2S. The fourth-order valence-corrected chi connectivity index (χ4v) is 3.02. The second-order valence-electron chi connectivity index (χ2n) is 6.21. The van der Waals surface area contributed by atoms with Crippen molar-refractivity contribution in [2.24, 2.45) is 0 Å². The highest BCUT2D eigenvalue weighted by Gasteiger charge is 2.06. The maximum absolute atomic E-state index is 12.9. The van der Waals surface area contributed by atoms with Crippen LogP contribution in [0.25, 0.3) is 0 Å². The van der Waals surface area contributed by atoms with Crippen LogP contribution in [0.5, 0.6) is 0 Å². The highest BCUT2D eigenvalue weighted by atomic mass is 32.2. The largest absolute Gasteiger partial charge is 0.365 e. The Balaban J connectivity index is 1.44. The Bertz CT molecular complexity index is 977. The highest BCUT2D eigenvalue weighted by molar-refractivity contribution is 7.99. The van der Waals surface area contributed by atoms with Gasteiger partial charge in [0.05, 0.1) is 5.75 Å². The summed E-state index contributed by atoms with van der Waals surface area (Å²) >= 11 is 1.27. The van der Waals surface area contributed by atoms with E-state index in [2.05, 4.69) is 20.8 Å². The molecule has 2 N–H and O–H groups in total. The third kappa shape index (κ3) is 6.39. The topological polar surface area (TPSA) is 84.0 Å². The SMILES string of the molecule is CC(=O)c1ccc(NC(=O)CSc2ccc(NCc3ccc(F)cc3)nn2)cc1. The number of aromatic nitrogens is 2. The molecule has 148 valence electrons. The molecule has 3 aromatic rings. The first-order chi connectivity index (χ1) is 14.0. The zero-order valence-electron chi connectivity index (χ0n) is 15.7. The van der Waals surface area contributed by atoms with Gasteiger partial charge in [-0.3, -0.25) is 9.59 Å². The predicted octanol–water partition coefficient (Wildman–Crippen LogP) is 4.16. The van der Waals surface area contributed by atoms with Gasteiger partial charge in [-0.15, -0.1) is 10.2 Å². The van der Waals surface area contributed by atoms with E-state index in [1.165, 1.54) is 30.8 Å². The highest BCUT2D eigenvalue weighted by Crippen LogP contribution is 2.17. The van der Waals surface area contributed by atoms with Crippen LogP contribution in [-0.2, 0) is 11.3 Å². The molecule has 1 heterocycles. The number of halogens is 1. The monoisotopic (exact) mass is 410 g/mol. The number of hydrogen-bond acceptors (Lipinski definition) is 6. The summed E-state index contributed by atoms with van der Waals surface area (Å²) in [4.78, 5) is 23.3. The van der Waals surface area contributed by atoms with Crippen LogP contribution >= 0.6 is 11.8 Å². The van der Waals surface area contributed by atoms with Gasteiger partial charge in [0.25, 0.3) is 0 Å².